The molecular formula is C18H17ClN2O4. The average Bonchev–Trinajstić information content (AvgIpc) is 2.63. The van der Waals surface area contributed by atoms with Crippen molar-refractivity contribution < 1.29 is 19.4 Å². The third-order valence-electron chi connectivity index (χ3n) is 4.22. The Morgan fingerprint density at radius 2 is 1.96 bits per heavy atom. The van der Waals surface area contributed by atoms with Gasteiger partial charge in [-0.05, 0) is 23.8 Å². The number of likely N-dealkylation sites (tertiary alicyclic amines) is 1. The van der Waals surface area contributed by atoms with Gasteiger partial charge in [0.05, 0.1) is 11.6 Å². The first-order chi connectivity index (χ1) is 12.0. The predicted molar refractivity (Wildman–Crippen MR) is 91.6 cm³/mol. The van der Waals surface area contributed by atoms with Gasteiger partial charge in [0, 0.05) is 25.6 Å². The first-order valence-electron chi connectivity index (χ1n) is 7.91. The number of rotatable bonds is 3. The Bertz CT molecular complexity index is 751. The van der Waals surface area contributed by atoms with Crippen LogP contribution in [0.3, 0.4) is 0 Å². The SMILES string of the molecule is O=C(OC1CCN(C(=O)O)C(c2ccc(Cl)nc2)C1)c1ccccc1. The highest BCUT2D eigenvalue weighted by atomic mass is 35.5. The molecule has 1 aliphatic rings. The zero-order valence-corrected chi connectivity index (χ0v) is 14.1. The molecule has 1 aromatic carbocycles. The molecule has 2 heterocycles. The highest BCUT2D eigenvalue weighted by Crippen LogP contribution is 2.32. The van der Waals surface area contributed by atoms with Crippen LogP contribution >= 0.6 is 11.6 Å². The Labute approximate surface area is 150 Å². The summed E-state index contributed by atoms with van der Waals surface area (Å²) in [5, 5.41) is 9.78. The summed E-state index contributed by atoms with van der Waals surface area (Å²) in [5.41, 5.74) is 1.21. The van der Waals surface area contributed by atoms with Crippen molar-refractivity contribution in [3.05, 3.63) is 64.9 Å². The number of piperidine rings is 1. The average molecular weight is 361 g/mol. The molecule has 0 saturated carbocycles. The Morgan fingerprint density at radius 1 is 1.20 bits per heavy atom. The van der Waals surface area contributed by atoms with Crippen LogP contribution in [0.1, 0.15) is 34.8 Å². The topological polar surface area (TPSA) is 79.7 Å². The van der Waals surface area contributed by atoms with Gasteiger partial charge in [0.25, 0.3) is 0 Å². The minimum Gasteiger partial charge on any atom is -0.465 e. The van der Waals surface area contributed by atoms with Crippen LogP contribution in [0.4, 0.5) is 4.79 Å². The Kier molecular flexibility index (Phi) is 5.19. The number of esters is 1. The van der Waals surface area contributed by atoms with Crippen LogP contribution in [-0.2, 0) is 4.74 Å². The van der Waals surface area contributed by atoms with Crippen LogP contribution in [0.15, 0.2) is 48.7 Å². The molecule has 2 unspecified atom stereocenters. The van der Waals surface area contributed by atoms with Gasteiger partial charge in [-0.2, -0.15) is 0 Å². The van der Waals surface area contributed by atoms with Gasteiger partial charge in [0.2, 0.25) is 0 Å². The van der Waals surface area contributed by atoms with E-state index >= 15 is 0 Å². The van der Waals surface area contributed by atoms with Gasteiger partial charge in [0.15, 0.2) is 0 Å². The smallest absolute Gasteiger partial charge is 0.407 e. The van der Waals surface area contributed by atoms with Crippen molar-refractivity contribution in [2.45, 2.75) is 25.0 Å². The number of amides is 1. The lowest BCUT2D eigenvalue weighted by molar-refractivity contribution is -0.000164. The van der Waals surface area contributed by atoms with Crippen molar-refractivity contribution in [2.24, 2.45) is 0 Å². The molecule has 0 aliphatic carbocycles. The summed E-state index contributed by atoms with van der Waals surface area (Å²) in [7, 11) is 0. The summed E-state index contributed by atoms with van der Waals surface area (Å²) in [5.74, 6) is -0.401. The number of aromatic nitrogens is 1. The van der Waals surface area contributed by atoms with E-state index < -0.39 is 18.1 Å². The number of halogens is 1. The monoisotopic (exact) mass is 360 g/mol. The fourth-order valence-electron chi connectivity index (χ4n) is 2.96. The van der Waals surface area contributed by atoms with Crippen LogP contribution in [0.5, 0.6) is 0 Å². The van der Waals surface area contributed by atoms with E-state index in [9.17, 15) is 14.7 Å². The van der Waals surface area contributed by atoms with E-state index in [-0.39, 0.29) is 12.6 Å². The molecule has 0 spiro atoms. The lowest BCUT2D eigenvalue weighted by Gasteiger charge is -2.37. The van der Waals surface area contributed by atoms with Crippen LogP contribution in [0.25, 0.3) is 0 Å². The highest BCUT2D eigenvalue weighted by Gasteiger charge is 2.34. The Hall–Kier alpha value is -2.60. The molecule has 1 N–H and O–H groups in total. The van der Waals surface area contributed by atoms with Gasteiger partial charge < -0.3 is 14.7 Å². The molecule has 1 amide bonds. The maximum absolute atomic E-state index is 12.2. The lowest BCUT2D eigenvalue weighted by Crippen LogP contribution is -2.43. The fraction of sp³-hybridized carbons (Fsp3) is 0.278. The second-order valence-electron chi connectivity index (χ2n) is 5.82. The number of hydrogen-bond donors (Lipinski definition) is 1. The van der Waals surface area contributed by atoms with Crippen molar-refractivity contribution in [1.29, 1.82) is 0 Å². The summed E-state index contributed by atoms with van der Waals surface area (Å²) in [6.07, 6.45) is 1.04. The molecule has 130 valence electrons. The van der Waals surface area contributed by atoms with E-state index in [0.29, 0.717) is 23.6 Å². The molecule has 1 aromatic heterocycles. The quantitative estimate of drug-likeness (QED) is 0.665. The summed E-state index contributed by atoms with van der Waals surface area (Å²) in [6, 6.07) is 11.7. The third-order valence-corrected chi connectivity index (χ3v) is 4.44. The molecule has 1 fully saturated rings. The van der Waals surface area contributed by atoms with E-state index in [1.807, 2.05) is 6.07 Å². The maximum Gasteiger partial charge on any atom is 0.407 e. The molecule has 25 heavy (non-hydrogen) atoms. The molecule has 3 rings (SSSR count). The van der Waals surface area contributed by atoms with E-state index in [2.05, 4.69) is 4.98 Å². The second-order valence-corrected chi connectivity index (χ2v) is 6.21. The maximum atomic E-state index is 12.2. The number of carboxylic acid groups (broad SMARTS) is 1. The first kappa shape index (κ1) is 17.2. The van der Waals surface area contributed by atoms with Crippen molar-refractivity contribution in [3.8, 4) is 0 Å². The molecule has 2 atom stereocenters. The number of ether oxygens (including phenoxy) is 1. The number of nitrogens with zero attached hydrogens (tertiary/aromatic N) is 2. The molecule has 6 nitrogen and oxygen atoms in total. The highest BCUT2D eigenvalue weighted by molar-refractivity contribution is 6.29. The number of benzene rings is 1. The van der Waals surface area contributed by atoms with Crippen molar-refractivity contribution in [1.82, 2.24) is 9.88 Å². The molecule has 7 heteroatoms. The van der Waals surface area contributed by atoms with Gasteiger partial charge in [-0.25, -0.2) is 14.6 Å². The molecule has 2 aromatic rings. The largest absolute Gasteiger partial charge is 0.465 e. The van der Waals surface area contributed by atoms with Gasteiger partial charge >= 0.3 is 12.1 Å². The fourth-order valence-corrected chi connectivity index (χ4v) is 3.07. The first-order valence-corrected chi connectivity index (χ1v) is 8.29. The molecule has 0 bridgehead atoms. The van der Waals surface area contributed by atoms with Crippen LogP contribution in [0, 0.1) is 0 Å². The van der Waals surface area contributed by atoms with Crippen molar-refractivity contribution >= 4 is 23.7 Å². The van der Waals surface area contributed by atoms with Gasteiger partial charge in [-0.1, -0.05) is 35.9 Å². The lowest BCUT2D eigenvalue weighted by atomic mass is 9.94. The van der Waals surface area contributed by atoms with Crippen molar-refractivity contribution in [2.75, 3.05) is 6.54 Å². The third kappa shape index (κ3) is 4.09. The molecule has 0 radical (unpaired) electrons. The number of carbonyl (C=O) groups excluding carboxylic acids is 1. The van der Waals surface area contributed by atoms with Crippen LogP contribution < -0.4 is 0 Å². The molecule has 1 saturated heterocycles. The predicted octanol–water partition coefficient (Wildman–Crippen LogP) is 3.78. The second kappa shape index (κ2) is 7.53. The van der Waals surface area contributed by atoms with E-state index in [4.69, 9.17) is 16.3 Å². The standard InChI is InChI=1S/C18H17ClN2O4/c19-16-7-6-13(11-20-16)15-10-14(8-9-21(15)18(23)24)25-17(22)12-4-2-1-3-5-12/h1-7,11,14-15H,8-10H2,(H,23,24). The zero-order valence-electron chi connectivity index (χ0n) is 13.3. The minimum absolute atomic E-state index is 0.287. The van der Waals surface area contributed by atoms with Crippen LogP contribution in [0.2, 0.25) is 5.15 Å². The van der Waals surface area contributed by atoms with Gasteiger partial charge in [-0.15, -0.1) is 0 Å². The van der Waals surface area contributed by atoms with Gasteiger partial charge in [-0.3, -0.25) is 0 Å². The molecular weight excluding hydrogens is 344 g/mol. The van der Waals surface area contributed by atoms with Gasteiger partial charge in [0.1, 0.15) is 11.3 Å². The zero-order chi connectivity index (χ0) is 17.8. The van der Waals surface area contributed by atoms with E-state index in [0.717, 1.165) is 5.56 Å². The summed E-state index contributed by atoms with van der Waals surface area (Å²) in [4.78, 5) is 29.1. The van der Waals surface area contributed by atoms with E-state index in [1.165, 1.54) is 4.90 Å². The number of carbonyl (C=O) groups is 2. The number of pyridine rings is 1. The van der Waals surface area contributed by atoms with Crippen LogP contribution in [-0.4, -0.2) is 39.7 Å². The van der Waals surface area contributed by atoms with E-state index in [1.54, 1.807) is 42.6 Å². The Morgan fingerprint density at radius 3 is 2.60 bits per heavy atom. The summed E-state index contributed by atoms with van der Waals surface area (Å²) in [6.45, 7) is 0.287. The summed E-state index contributed by atoms with van der Waals surface area (Å²) >= 11 is 5.80. The normalized spacial score (nSPS) is 20.1. The van der Waals surface area contributed by atoms with Crippen molar-refractivity contribution in [3.63, 3.8) is 0 Å². The number of hydrogen-bond acceptors (Lipinski definition) is 4. The summed E-state index contributed by atoms with van der Waals surface area (Å²) < 4.78 is 5.58. The Balaban J connectivity index is 1.75. The molecule has 1 aliphatic heterocycles. The minimum atomic E-state index is -1.01.